The molecule has 0 aliphatic carbocycles. The lowest BCUT2D eigenvalue weighted by molar-refractivity contribution is 0.456. The molecule has 1 heterocycles. The molecule has 0 saturated heterocycles. The molecule has 3 nitrogen and oxygen atoms in total. The third kappa shape index (κ3) is 1.61. The Labute approximate surface area is 64.9 Å². The average Bonchev–Trinajstić information content (AvgIpc) is 1.99. The largest absolute Gasteiger partial charge is 0.503 e. The zero-order valence-electron chi connectivity index (χ0n) is 6.45. The fraction of sp³-hybridized carbons (Fsp3) is 0.375. The van der Waals surface area contributed by atoms with Gasteiger partial charge in [-0.2, -0.15) is 0 Å². The third-order valence-electron chi connectivity index (χ3n) is 1.46. The summed E-state index contributed by atoms with van der Waals surface area (Å²) in [5, 5.41) is 8.99. The highest BCUT2D eigenvalue weighted by Crippen LogP contribution is 1.97. The van der Waals surface area contributed by atoms with E-state index in [9.17, 15) is 4.79 Å². The van der Waals surface area contributed by atoms with Gasteiger partial charge in [-0.05, 0) is 18.6 Å². The number of rotatable bonds is 2. The topological polar surface area (TPSA) is 42.2 Å². The van der Waals surface area contributed by atoms with E-state index in [1.54, 1.807) is 12.3 Å². The van der Waals surface area contributed by atoms with Crippen LogP contribution in [0.25, 0.3) is 0 Å². The van der Waals surface area contributed by atoms with Gasteiger partial charge in [0.25, 0.3) is 5.56 Å². The summed E-state index contributed by atoms with van der Waals surface area (Å²) in [5.74, 6) is -0.180. The molecule has 0 unspecified atom stereocenters. The second-order valence-corrected chi connectivity index (χ2v) is 2.39. The number of pyridine rings is 1. The van der Waals surface area contributed by atoms with Crippen LogP contribution in [0.2, 0.25) is 0 Å². The number of nitrogens with zero attached hydrogens (tertiary/aromatic N) is 1. The van der Waals surface area contributed by atoms with Crippen molar-refractivity contribution in [2.24, 2.45) is 0 Å². The lowest BCUT2D eigenvalue weighted by atomic mass is 10.4. The summed E-state index contributed by atoms with van der Waals surface area (Å²) in [6, 6.07) is 3.06. The fourth-order valence-electron chi connectivity index (χ4n) is 0.941. The van der Waals surface area contributed by atoms with Crippen LogP contribution in [0.3, 0.4) is 0 Å². The summed E-state index contributed by atoms with van der Waals surface area (Å²) < 4.78 is 1.50. The maximum absolute atomic E-state index is 11.1. The second kappa shape index (κ2) is 3.23. The SMILES string of the molecule is CCCn1cccc(O)c1=O. The Morgan fingerprint density at radius 1 is 1.64 bits per heavy atom. The normalized spacial score (nSPS) is 9.91. The molecule has 0 aromatic carbocycles. The molecule has 1 aromatic heterocycles. The monoisotopic (exact) mass is 153 g/mol. The minimum atomic E-state index is -0.311. The average molecular weight is 153 g/mol. The first-order valence-corrected chi connectivity index (χ1v) is 3.64. The molecule has 1 N–H and O–H groups in total. The zero-order chi connectivity index (χ0) is 8.27. The van der Waals surface area contributed by atoms with Crippen LogP contribution >= 0.6 is 0 Å². The number of aromatic hydroxyl groups is 1. The maximum Gasteiger partial charge on any atom is 0.292 e. The highest BCUT2D eigenvalue weighted by atomic mass is 16.3. The molecule has 0 radical (unpaired) electrons. The number of aromatic nitrogens is 1. The van der Waals surface area contributed by atoms with Crippen molar-refractivity contribution >= 4 is 0 Å². The first-order chi connectivity index (χ1) is 5.25. The van der Waals surface area contributed by atoms with Crippen LogP contribution in [-0.2, 0) is 6.54 Å². The van der Waals surface area contributed by atoms with E-state index in [-0.39, 0.29) is 11.3 Å². The van der Waals surface area contributed by atoms with Crippen LogP contribution in [0.1, 0.15) is 13.3 Å². The maximum atomic E-state index is 11.1. The van der Waals surface area contributed by atoms with Gasteiger partial charge in [0.05, 0.1) is 0 Å². The van der Waals surface area contributed by atoms with Crippen molar-refractivity contribution in [3.05, 3.63) is 28.7 Å². The molecule has 0 saturated carbocycles. The fourth-order valence-corrected chi connectivity index (χ4v) is 0.941. The summed E-state index contributed by atoms with van der Waals surface area (Å²) in [7, 11) is 0. The first-order valence-electron chi connectivity index (χ1n) is 3.64. The van der Waals surface area contributed by atoms with Crippen molar-refractivity contribution in [2.75, 3.05) is 0 Å². The van der Waals surface area contributed by atoms with Crippen LogP contribution in [-0.4, -0.2) is 9.67 Å². The van der Waals surface area contributed by atoms with Crippen molar-refractivity contribution < 1.29 is 5.11 Å². The lowest BCUT2D eigenvalue weighted by Crippen LogP contribution is -2.17. The van der Waals surface area contributed by atoms with Gasteiger partial charge in [0.2, 0.25) is 0 Å². The molecule has 60 valence electrons. The van der Waals surface area contributed by atoms with E-state index >= 15 is 0 Å². The van der Waals surface area contributed by atoms with E-state index in [0.29, 0.717) is 6.54 Å². The van der Waals surface area contributed by atoms with Crippen molar-refractivity contribution in [3.8, 4) is 5.75 Å². The molecule has 0 amide bonds. The minimum absolute atomic E-state index is 0.180. The molecule has 0 aliphatic heterocycles. The van der Waals surface area contributed by atoms with E-state index in [1.165, 1.54) is 10.6 Å². The Kier molecular flexibility index (Phi) is 2.31. The van der Waals surface area contributed by atoms with Gasteiger partial charge >= 0.3 is 0 Å². The van der Waals surface area contributed by atoms with Gasteiger partial charge in [-0.1, -0.05) is 6.92 Å². The number of hydrogen-bond donors (Lipinski definition) is 1. The first kappa shape index (κ1) is 7.85. The van der Waals surface area contributed by atoms with E-state index < -0.39 is 0 Å². The van der Waals surface area contributed by atoms with Crippen LogP contribution in [0, 0.1) is 0 Å². The van der Waals surface area contributed by atoms with Gasteiger partial charge in [0, 0.05) is 12.7 Å². The standard InChI is InChI=1S/C8H11NO2/c1-2-5-9-6-3-4-7(10)8(9)11/h3-4,6,10H,2,5H2,1H3. The summed E-state index contributed by atoms with van der Waals surface area (Å²) >= 11 is 0. The minimum Gasteiger partial charge on any atom is -0.503 e. The molecule has 3 heteroatoms. The summed E-state index contributed by atoms with van der Waals surface area (Å²) in [5.41, 5.74) is -0.311. The molecule has 0 aliphatic rings. The van der Waals surface area contributed by atoms with E-state index in [0.717, 1.165) is 6.42 Å². The smallest absolute Gasteiger partial charge is 0.292 e. The Hall–Kier alpha value is -1.25. The molecule has 0 spiro atoms. The van der Waals surface area contributed by atoms with Crippen molar-refractivity contribution in [1.29, 1.82) is 0 Å². The van der Waals surface area contributed by atoms with Crippen LogP contribution in [0.5, 0.6) is 5.75 Å². The Balaban J connectivity index is 3.07. The molecule has 1 rings (SSSR count). The lowest BCUT2D eigenvalue weighted by Gasteiger charge is -2.01. The zero-order valence-corrected chi connectivity index (χ0v) is 6.45. The predicted octanol–water partition coefficient (Wildman–Crippen LogP) is 0.964. The van der Waals surface area contributed by atoms with Crippen LogP contribution in [0.4, 0.5) is 0 Å². The second-order valence-electron chi connectivity index (χ2n) is 2.39. The molecule has 0 atom stereocenters. The number of hydrogen-bond acceptors (Lipinski definition) is 2. The van der Waals surface area contributed by atoms with E-state index in [2.05, 4.69) is 0 Å². The van der Waals surface area contributed by atoms with Gasteiger partial charge in [0.15, 0.2) is 5.75 Å². The quantitative estimate of drug-likeness (QED) is 0.687. The highest BCUT2D eigenvalue weighted by Gasteiger charge is 1.97. The third-order valence-corrected chi connectivity index (χ3v) is 1.46. The van der Waals surface area contributed by atoms with Gasteiger partial charge in [0.1, 0.15) is 0 Å². The summed E-state index contributed by atoms with van der Waals surface area (Å²) in [4.78, 5) is 11.1. The molecule has 0 bridgehead atoms. The Morgan fingerprint density at radius 2 is 2.36 bits per heavy atom. The molecule has 0 fully saturated rings. The van der Waals surface area contributed by atoms with Crippen molar-refractivity contribution in [1.82, 2.24) is 4.57 Å². The molecular formula is C8H11NO2. The van der Waals surface area contributed by atoms with E-state index in [4.69, 9.17) is 5.11 Å². The Morgan fingerprint density at radius 3 is 3.00 bits per heavy atom. The number of aryl methyl sites for hydroxylation is 1. The van der Waals surface area contributed by atoms with Gasteiger partial charge in [-0.25, -0.2) is 0 Å². The molecule has 1 aromatic rings. The van der Waals surface area contributed by atoms with Gasteiger partial charge < -0.3 is 9.67 Å². The Bertz CT molecular complexity index is 290. The molecule has 11 heavy (non-hydrogen) atoms. The van der Waals surface area contributed by atoms with E-state index in [1.807, 2.05) is 6.92 Å². The highest BCUT2D eigenvalue weighted by molar-refractivity contribution is 5.14. The van der Waals surface area contributed by atoms with Crippen LogP contribution < -0.4 is 5.56 Å². The van der Waals surface area contributed by atoms with Gasteiger partial charge in [-0.3, -0.25) is 4.79 Å². The summed E-state index contributed by atoms with van der Waals surface area (Å²) in [6.45, 7) is 2.64. The van der Waals surface area contributed by atoms with Crippen LogP contribution in [0.15, 0.2) is 23.1 Å². The summed E-state index contributed by atoms with van der Waals surface area (Å²) in [6.07, 6.45) is 2.56. The van der Waals surface area contributed by atoms with Crippen molar-refractivity contribution in [2.45, 2.75) is 19.9 Å². The van der Waals surface area contributed by atoms with Crippen molar-refractivity contribution in [3.63, 3.8) is 0 Å². The predicted molar refractivity (Wildman–Crippen MR) is 42.7 cm³/mol. The molecular weight excluding hydrogens is 142 g/mol. The van der Waals surface area contributed by atoms with Gasteiger partial charge in [-0.15, -0.1) is 0 Å².